The molecular weight excluding hydrogens is 397 g/mol. The Bertz CT molecular complexity index is 786. The lowest BCUT2D eigenvalue weighted by Crippen LogP contribution is -2.32. The molecule has 1 aliphatic heterocycles. The van der Waals surface area contributed by atoms with Gasteiger partial charge in [-0.3, -0.25) is 4.79 Å². The molecule has 146 valence electrons. The number of ether oxygens (including phenoxy) is 2. The van der Waals surface area contributed by atoms with Gasteiger partial charge in [-0.05, 0) is 37.3 Å². The lowest BCUT2D eigenvalue weighted by Gasteiger charge is -2.27. The van der Waals surface area contributed by atoms with Gasteiger partial charge in [-0.15, -0.1) is 0 Å². The minimum Gasteiger partial charge on any atom is -0.479 e. The van der Waals surface area contributed by atoms with E-state index < -0.39 is 32.8 Å². The Hall–Kier alpha value is -1.32. The molecule has 1 aromatic rings. The van der Waals surface area contributed by atoms with Gasteiger partial charge in [-0.25, -0.2) is 8.42 Å². The van der Waals surface area contributed by atoms with Crippen molar-refractivity contribution in [1.29, 1.82) is 0 Å². The van der Waals surface area contributed by atoms with Gasteiger partial charge >= 0.3 is 6.18 Å². The lowest BCUT2D eigenvalue weighted by atomic mass is 9.88. The van der Waals surface area contributed by atoms with Crippen LogP contribution >= 0.6 is 11.6 Å². The summed E-state index contributed by atoms with van der Waals surface area (Å²) < 4.78 is 73.0. The Morgan fingerprint density at radius 2 is 1.92 bits per heavy atom. The third-order valence-corrected chi connectivity index (χ3v) is 5.59. The van der Waals surface area contributed by atoms with Gasteiger partial charge in [-0.2, -0.15) is 13.2 Å². The quantitative estimate of drug-likeness (QED) is 0.686. The molecule has 0 bridgehead atoms. The zero-order chi connectivity index (χ0) is 19.7. The number of carbonyl (C=O) groups excluding carboxylic acids is 1. The number of aldehydes is 1. The highest BCUT2D eigenvalue weighted by molar-refractivity contribution is 7.90. The smallest absolute Gasteiger partial charge is 0.425 e. The van der Waals surface area contributed by atoms with Gasteiger partial charge in [0.15, 0.2) is 22.2 Å². The van der Waals surface area contributed by atoms with E-state index in [1.54, 1.807) is 0 Å². The van der Waals surface area contributed by atoms with Gasteiger partial charge in [0.25, 0.3) is 0 Å². The Kier molecular flexibility index (Phi) is 6.24. The fourth-order valence-corrected chi connectivity index (χ4v) is 4.06. The van der Waals surface area contributed by atoms with Crippen LogP contribution in [0.15, 0.2) is 11.0 Å². The monoisotopic (exact) mass is 414 g/mol. The maximum atomic E-state index is 12.9. The molecule has 0 amide bonds. The molecule has 1 heterocycles. The largest absolute Gasteiger partial charge is 0.479 e. The first kappa shape index (κ1) is 21.0. The van der Waals surface area contributed by atoms with Crippen molar-refractivity contribution in [2.45, 2.75) is 42.9 Å². The number of alkyl halides is 3. The fourth-order valence-electron chi connectivity index (χ4n) is 2.80. The van der Waals surface area contributed by atoms with Crippen LogP contribution in [0.4, 0.5) is 13.2 Å². The molecule has 0 aromatic heterocycles. The molecule has 1 fully saturated rings. The molecule has 2 rings (SSSR count). The summed E-state index contributed by atoms with van der Waals surface area (Å²) in [5.74, 6) is -0.855. The molecule has 0 radical (unpaired) electrons. The van der Waals surface area contributed by atoms with E-state index in [9.17, 15) is 26.4 Å². The number of carbonyl (C=O) groups is 1. The molecule has 0 spiro atoms. The van der Waals surface area contributed by atoms with Crippen molar-refractivity contribution in [3.05, 3.63) is 22.2 Å². The first-order valence-electron chi connectivity index (χ1n) is 7.79. The lowest BCUT2D eigenvalue weighted by molar-refractivity contribution is -0.189. The Morgan fingerprint density at radius 1 is 1.35 bits per heavy atom. The Morgan fingerprint density at radius 3 is 2.38 bits per heavy atom. The van der Waals surface area contributed by atoms with E-state index in [-0.39, 0.29) is 16.5 Å². The van der Waals surface area contributed by atoms with Crippen LogP contribution in [0.2, 0.25) is 5.02 Å². The summed E-state index contributed by atoms with van der Waals surface area (Å²) in [5.41, 5.74) is 0.0302. The van der Waals surface area contributed by atoms with Crippen molar-refractivity contribution in [2.24, 2.45) is 0 Å². The van der Waals surface area contributed by atoms with Gasteiger partial charge in [0, 0.05) is 24.5 Å². The zero-order valence-electron chi connectivity index (χ0n) is 14.1. The molecule has 1 saturated heterocycles. The SMILES string of the molecule is C[C@H](Oc1c(S(C)(=O)=O)cc(Cl)c(C2CCOCC2)c1C=O)C(F)(F)F. The van der Waals surface area contributed by atoms with E-state index in [1.807, 2.05) is 0 Å². The standard InChI is InChI=1S/C16H18ClF3O5S/c1-9(16(18,19)20)25-15-11(8-21)14(10-3-5-24-6-4-10)12(17)7-13(15)26(2,22)23/h7-10H,3-6H2,1-2H3/t9-/m0/s1. The number of rotatable bonds is 5. The van der Waals surface area contributed by atoms with E-state index in [2.05, 4.69) is 0 Å². The minimum atomic E-state index is -4.73. The number of hydrogen-bond acceptors (Lipinski definition) is 5. The van der Waals surface area contributed by atoms with Crippen molar-refractivity contribution in [3.63, 3.8) is 0 Å². The third kappa shape index (κ3) is 4.50. The van der Waals surface area contributed by atoms with Crippen LogP contribution in [0.25, 0.3) is 0 Å². The predicted molar refractivity (Wildman–Crippen MR) is 88.9 cm³/mol. The molecule has 0 unspecified atom stereocenters. The van der Waals surface area contributed by atoms with E-state index in [4.69, 9.17) is 21.1 Å². The summed E-state index contributed by atoms with van der Waals surface area (Å²) in [4.78, 5) is 11.2. The number of benzene rings is 1. The van der Waals surface area contributed by atoms with Gasteiger partial charge in [0.1, 0.15) is 10.6 Å². The first-order chi connectivity index (χ1) is 12.0. The van der Waals surface area contributed by atoms with E-state index in [0.29, 0.717) is 37.9 Å². The van der Waals surface area contributed by atoms with Crippen molar-refractivity contribution >= 4 is 27.7 Å². The number of halogens is 4. The molecule has 0 N–H and O–H groups in total. The topological polar surface area (TPSA) is 69.7 Å². The molecule has 1 atom stereocenters. The van der Waals surface area contributed by atoms with Gasteiger partial charge < -0.3 is 9.47 Å². The second-order valence-corrected chi connectivity index (χ2v) is 8.48. The highest BCUT2D eigenvalue weighted by Crippen LogP contribution is 2.42. The van der Waals surface area contributed by atoms with Crippen LogP contribution in [0, 0.1) is 0 Å². The molecular formula is C16H18ClF3O5S. The zero-order valence-corrected chi connectivity index (χ0v) is 15.7. The molecule has 0 aliphatic carbocycles. The average Bonchev–Trinajstić information content (AvgIpc) is 2.54. The molecule has 0 saturated carbocycles. The summed E-state index contributed by atoms with van der Waals surface area (Å²) in [5, 5.41) is 0.00596. The van der Waals surface area contributed by atoms with Crippen molar-refractivity contribution in [2.75, 3.05) is 19.5 Å². The first-order valence-corrected chi connectivity index (χ1v) is 10.1. The van der Waals surface area contributed by atoms with Crippen LogP contribution in [-0.2, 0) is 14.6 Å². The van der Waals surface area contributed by atoms with Gasteiger partial charge in [0.2, 0.25) is 0 Å². The van der Waals surface area contributed by atoms with Gasteiger partial charge in [0.05, 0.1) is 5.56 Å². The van der Waals surface area contributed by atoms with Crippen LogP contribution in [-0.4, -0.2) is 46.5 Å². The predicted octanol–water partition coefficient (Wildman–Crippen LogP) is 3.78. The number of sulfone groups is 1. The summed E-state index contributed by atoms with van der Waals surface area (Å²) in [7, 11) is -3.99. The van der Waals surface area contributed by atoms with Crippen LogP contribution < -0.4 is 4.74 Å². The second-order valence-electron chi connectivity index (χ2n) is 6.09. The van der Waals surface area contributed by atoms with Gasteiger partial charge in [-0.1, -0.05) is 11.6 Å². The minimum absolute atomic E-state index is 0.00596. The maximum absolute atomic E-state index is 12.9. The molecule has 26 heavy (non-hydrogen) atoms. The summed E-state index contributed by atoms with van der Waals surface area (Å²) >= 11 is 6.21. The van der Waals surface area contributed by atoms with E-state index >= 15 is 0 Å². The molecule has 1 aromatic carbocycles. The third-order valence-electron chi connectivity index (χ3n) is 4.18. The van der Waals surface area contributed by atoms with Crippen LogP contribution in [0.1, 0.15) is 41.6 Å². The average molecular weight is 415 g/mol. The van der Waals surface area contributed by atoms with Crippen LogP contribution in [0.5, 0.6) is 5.75 Å². The Balaban J connectivity index is 2.69. The number of hydrogen-bond donors (Lipinski definition) is 0. The molecule has 10 heteroatoms. The normalized spacial score (nSPS) is 17.8. The Labute approximate surface area is 154 Å². The second kappa shape index (κ2) is 7.74. The van der Waals surface area contributed by atoms with Crippen molar-refractivity contribution < 1.29 is 35.9 Å². The molecule has 1 aliphatic rings. The maximum Gasteiger partial charge on any atom is 0.425 e. The van der Waals surface area contributed by atoms with E-state index in [1.165, 1.54) is 0 Å². The van der Waals surface area contributed by atoms with Crippen LogP contribution in [0.3, 0.4) is 0 Å². The van der Waals surface area contributed by atoms with Crippen molar-refractivity contribution in [1.82, 2.24) is 0 Å². The summed E-state index contributed by atoms with van der Waals surface area (Å²) in [6, 6.07) is 1.05. The highest BCUT2D eigenvalue weighted by Gasteiger charge is 2.40. The summed E-state index contributed by atoms with van der Waals surface area (Å²) in [6.07, 6.45) is -4.91. The fraction of sp³-hybridized carbons (Fsp3) is 0.562. The summed E-state index contributed by atoms with van der Waals surface area (Å²) in [6.45, 7) is 1.55. The van der Waals surface area contributed by atoms with E-state index in [0.717, 1.165) is 19.2 Å². The van der Waals surface area contributed by atoms with Crippen molar-refractivity contribution in [3.8, 4) is 5.75 Å². The molecule has 5 nitrogen and oxygen atoms in total. The highest BCUT2D eigenvalue weighted by atomic mass is 35.5.